The number of benzene rings is 1. The van der Waals surface area contributed by atoms with E-state index < -0.39 is 0 Å². The molecule has 2 aliphatic rings. The first-order valence-electron chi connectivity index (χ1n) is 6.61. The molecule has 6 heteroatoms. The lowest BCUT2D eigenvalue weighted by Gasteiger charge is -2.40. The molecule has 0 spiro atoms. The topological polar surface area (TPSA) is 49.9 Å². The Morgan fingerprint density at radius 3 is 2.60 bits per heavy atom. The van der Waals surface area contributed by atoms with Gasteiger partial charge in [-0.2, -0.15) is 0 Å². The fraction of sp³-hybridized carbons (Fsp3) is 0.429. The number of ether oxygens (including phenoxy) is 1. The SMILES string of the molecule is CCN1C(=O)N(c2ccc(Cl)cc2)C(=O)C2COCC21. The molecule has 0 aromatic heterocycles. The number of imide groups is 1. The second-order valence-corrected chi connectivity index (χ2v) is 5.37. The van der Waals surface area contributed by atoms with Gasteiger partial charge in [-0.05, 0) is 31.2 Å². The number of hydrogen-bond acceptors (Lipinski definition) is 3. The summed E-state index contributed by atoms with van der Waals surface area (Å²) in [6, 6.07) is 6.29. The highest BCUT2D eigenvalue weighted by Gasteiger charge is 2.49. The van der Waals surface area contributed by atoms with E-state index in [1.165, 1.54) is 4.90 Å². The molecule has 0 aliphatic carbocycles. The summed E-state index contributed by atoms with van der Waals surface area (Å²) in [4.78, 5) is 28.0. The number of anilines is 1. The summed E-state index contributed by atoms with van der Waals surface area (Å²) in [5, 5.41) is 0.570. The first-order chi connectivity index (χ1) is 9.63. The number of likely N-dealkylation sites (N-methyl/N-ethyl adjacent to an activating group) is 1. The van der Waals surface area contributed by atoms with Crippen molar-refractivity contribution < 1.29 is 14.3 Å². The summed E-state index contributed by atoms with van der Waals surface area (Å²) >= 11 is 5.85. The van der Waals surface area contributed by atoms with Crippen LogP contribution in [0.3, 0.4) is 0 Å². The fourth-order valence-corrected chi connectivity index (χ4v) is 2.94. The Morgan fingerprint density at radius 2 is 1.95 bits per heavy atom. The standard InChI is InChI=1S/C14H15ClN2O3/c1-2-16-12-8-20-7-11(12)13(18)17(14(16)19)10-5-3-9(15)4-6-10/h3-6,11-12H,2,7-8H2,1H3. The van der Waals surface area contributed by atoms with Crippen LogP contribution in [0.1, 0.15) is 6.92 Å². The van der Waals surface area contributed by atoms with Gasteiger partial charge in [0.05, 0.1) is 30.9 Å². The van der Waals surface area contributed by atoms with Gasteiger partial charge in [0.25, 0.3) is 0 Å². The number of hydrogen-bond donors (Lipinski definition) is 0. The maximum Gasteiger partial charge on any atom is 0.331 e. The van der Waals surface area contributed by atoms with Crippen LogP contribution in [0.15, 0.2) is 24.3 Å². The molecule has 0 radical (unpaired) electrons. The molecule has 2 unspecified atom stereocenters. The molecule has 2 fully saturated rings. The number of fused-ring (bicyclic) bond motifs is 1. The summed E-state index contributed by atoms with van der Waals surface area (Å²) in [5.74, 6) is -0.465. The van der Waals surface area contributed by atoms with Gasteiger partial charge in [0.2, 0.25) is 5.91 Å². The van der Waals surface area contributed by atoms with Gasteiger partial charge in [0.15, 0.2) is 0 Å². The molecule has 0 saturated carbocycles. The summed E-state index contributed by atoms with van der Waals surface area (Å²) < 4.78 is 5.38. The van der Waals surface area contributed by atoms with Crippen molar-refractivity contribution in [1.82, 2.24) is 4.90 Å². The molecule has 2 atom stereocenters. The maximum atomic E-state index is 12.5. The van der Waals surface area contributed by atoms with E-state index in [-0.39, 0.29) is 23.9 Å². The first kappa shape index (κ1) is 13.4. The fourth-order valence-electron chi connectivity index (χ4n) is 2.81. The summed E-state index contributed by atoms with van der Waals surface area (Å²) in [6.07, 6.45) is 0. The van der Waals surface area contributed by atoms with Gasteiger partial charge in [-0.3, -0.25) is 4.79 Å². The van der Waals surface area contributed by atoms with Crippen molar-refractivity contribution in [2.24, 2.45) is 5.92 Å². The third kappa shape index (κ3) is 1.98. The highest BCUT2D eigenvalue weighted by Crippen LogP contribution is 2.31. The molecule has 0 bridgehead atoms. The van der Waals surface area contributed by atoms with Crippen LogP contribution in [0.25, 0.3) is 0 Å². The molecule has 2 aliphatic heterocycles. The molecule has 1 aromatic rings. The second-order valence-electron chi connectivity index (χ2n) is 4.93. The van der Waals surface area contributed by atoms with Crippen molar-refractivity contribution >= 4 is 29.2 Å². The van der Waals surface area contributed by atoms with Crippen LogP contribution in [-0.4, -0.2) is 42.6 Å². The van der Waals surface area contributed by atoms with Gasteiger partial charge in [-0.1, -0.05) is 11.6 Å². The number of halogens is 1. The Labute approximate surface area is 122 Å². The molecular formula is C14H15ClN2O3. The van der Waals surface area contributed by atoms with Crippen LogP contribution >= 0.6 is 11.6 Å². The Kier molecular flexibility index (Phi) is 3.40. The number of carbonyl (C=O) groups excluding carboxylic acids is 2. The van der Waals surface area contributed by atoms with Crippen LogP contribution in [0, 0.1) is 5.92 Å². The summed E-state index contributed by atoms with van der Waals surface area (Å²) in [6.45, 7) is 3.27. The lowest BCUT2D eigenvalue weighted by Crippen LogP contribution is -2.61. The normalized spacial score (nSPS) is 26.1. The highest BCUT2D eigenvalue weighted by atomic mass is 35.5. The Balaban J connectivity index is 1.99. The van der Waals surface area contributed by atoms with Crippen molar-refractivity contribution in [3.05, 3.63) is 29.3 Å². The minimum Gasteiger partial charge on any atom is -0.378 e. The zero-order chi connectivity index (χ0) is 14.3. The first-order valence-corrected chi connectivity index (χ1v) is 6.99. The third-order valence-corrected chi connectivity index (χ3v) is 4.10. The van der Waals surface area contributed by atoms with Crippen LogP contribution in [-0.2, 0) is 9.53 Å². The zero-order valence-electron chi connectivity index (χ0n) is 11.1. The number of urea groups is 1. The maximum absolute atomic E-state index is 12.5. The molecule has 2 heterocycles. The van der Waals surface area contributed by atoms with Crippen molar-refractivity contribution in [3.63, 3.8) is 0 Å². The summed E-state index contributed by atoms with van der Waals surface area (Å²) in [7, 11) is 0. The Bertz CT molecular complexity index is 546. The predicted molar refractivity (Wildman–Crippen MR) is 74.8 cm³/mol. The highest BCUT2D eigenvalue weighted by molar-refractivity contribution is 6.30. The quantitative estimate of drug-likeness (QED) is 0.840. The zero-order valence-corrected chi connectivity index (χ0v) is 11.8. The average molecular weight is 295 g/mol. The second kappa shape index (κ2) is 5.07. The molecule has 106 valence electrons. The largest absolute Gasteiger partial charge is 0.378 e. The molecule has 2 saturated heterocycles. The minimum absolute atomic E-state index is 0.136. The monoisotopic (exact) mass is 294 g/mol. The number of nitrogens with zero attached hydrogens (tertiary/aromatic N) is 2. The average Bonchev–Trinajstić information content (AvgIpc) is 2.91. The predicted octanol–water partition coefficient (Wildman–Crippen LogP) is 2.14. The van der Waals surface area contributed by atoms with E-state index >= 15 is 0 Å². The van der Waals surface area contributed by atoms with E-state index in [1.54, 1.807) is 29.2 Å². The lowest BCUT2D eigenvalue weighted by atomic mass is 9.97. The van der Waals surface area contributed by atoms with E-state index in [0.717, 1.165) is 0 Å². The van der Waals surface area contributed by atoms with Crippen LogP contribution in [0.5, 0.6) is 0 Å². The van der Waals surface area contributed by atoms with Gasteiger partial charge in [-0.25, -0.2) is 9.69 Å². The molecule has 20 heavy (non-hydrogen) atoms. The van der Waals surface area contributed by atoms with E-state index in [1.807, 2.05) is 6.92 Å². The van der Waals surface area contributed by atoms with E-state index in [4.69, 9.17) is 16.3 Å². The van der Waals surface area contributed by atoms with Crippen LogP contribution in [0.4, 0.5) is 10.5 Å². The van der Waals surface area contributed by atoms with Crippen LogP contribution in [0.2, 0.25) is 5.02 Å². The number of carbonyl (C=O) groups is 2. The molecule has 3 rings (SSSR count). The molecule has 1 aromatic carbocycles. The third-order valence-electron chi connectivity index (χ3n) is 3.85. The minimum atomic E-state index is -0.286. The van der Waals surface area contributed by atoms with Crippen molar-refractivity contribution in [2.75, 3.05) is 24.7 Å². The van der Waals surface area contributed by atoms with Crippen molar-refractivity contribution in [1.29, 1.82) is 0 Å². The Morgan fingerprint density at radius 1 is 1.25 bits per heavy atom. The van der Waals surface area contributed by atoms with Gasteiger partial charge in [0, 0.05) is 11.6 Å². The summed E-state index contributed by atoms with van der Waals surface area (Å²) in [5.41, 5.74) is 0.549. The van der Waals surface area contributed by atoms with Gasteiger partial charge in [-0.15, -0.1) is 0 Å². The Hall–Kier alpha value is -1.59. The smallest absolute Gasteiger partial charge is 0.331 e. The van der Waals surface area contributed by atoms with E-state index in [0.29, 0.717) is 30.5 Å². The van der Waals surface area contributed by atoms with E-state index in [9.17, 15) is 9.59 Å². The number of amides is 3. The van der Waals surface area contributed by atoms with Gasteiger partial charge >= 0.3 is 6.03 Å². The van der Waals surface area contributed by atoms with Gasteiger partial charge < -0.3 is 9.64 Å². The number of rotatable bonds is 2. The molecule has 0 N–H and O–H groups in total. The van der Waals surface area contributed by atoms with Crippen LogP contribution < -0.4 is 4.90 Å². The molecule has 3 amide bonds. The van der Waals surface area contributed by atoms with E-state index in [2.05, 4.69) is 0 Å². The van der Waals surface area contributed by atoms with Crippen molar-refractivity contribution in [2.45, 2.75) is 13.0 Å². The molecular weight excluding hydrogens is 280 g/mol. The molecule has 5 nitrogen and oxygen atoms in total. The lowest BCUT2D eigenvalue weighted by molar-refractivity contribution is -0.124. The van der Waals surface area contributed by atoms with Crippen molar-refractivity contribution in [3.8, 4) is 0 Å². The van der Waals surface area contributed by atoms with Gasteiger partial charge in [0.1, 0.15) is 0 Å².